The summed E-state index contributed by atoms with van der Waals surface area (Å²) in [4.78, 5) is 10.6. The summed E-state index contributed by atoms with van der Waals surface area (Å²) < 4.78 is 27.7. The SMILES string of the molecule is CC(C)(CCCCOCCCCC(C)(C)CCCCS(N)(=O)=O)CCCCC(=O)O. The number of unbranched alkanes of at least 4 members (excludes halogenated alkanes) is 4. The van der Waals surface area contributed by atoms with Crippen molar-refractivity contribution in [1.29, 1.82) is 0 Å². The Labute approximate surface area is 185 Å². The quantitative estimate of drug-likeness (QED) is 0.239. The third-order valence-corrected chi connectivity index (χ3v) is 6.67. The van der Waals surface area contributed by atoms with E-state index in [1.165, 1.54) is 0 Å². The van der Waals surface area contributed by atoms with Gasteiger partial charge in [-0.05, 0) is 62.2 Å². The van der Waals surface area contributed by atoms with Gasteiger partial charge < -0.3 is 9.84 Å². The Morgan fingerprint density at radius 3 is 1.57 bits per heavy atom. The second kappa shape index (κ2) is 15.2. The van der Waals surface area contributed by atoms with Gasteiger partial charge in [-0.2, -0.15) is 0 Å². The van der Waals surface area contributed by atoms with E-state index < -0.39 is 16.0 Å². The molecule has 0 rings (SSSR count). The first-order chi connectivity index (χ1) is 13.8. The van der Waals surface area contributed by atoms with Gasteiger partial charge in [-0.15, -0.1) is 0 Å². The van der Waals surface area contributed by atoms with Crippen LogP contribution >= 0.6 is 0 Å². The van der Waals surface area contributed by atoms with Gasteiger partial charge in [0.25, 0.3) is 0 Å². The maximum atomic E-state index is 11.0. The van der Waals surface area contributed by atoms with Gasteiger partial charge in [-0.25, -0.2) is 13.6 Å². The van der Waals surface area contributed by atoms with Crippen LogP contribution in [-0.2, 0) is 19.6 Å². The minimum Gasteiger partial charge on any atom is -0.481 e. The highest BCUT2D eigenvalue weighted by molar-refractivity contribution is 7.89. The van der Waals surface area contributed by atoms with Gasteiger partial charge in [0, 0.05) is 19.6 Å². The molecule has 0 radical (unpaired) electrons. The topological polar surface area (TPSA) is 107 Å². The van der Waals surface area contributed by atoms with Crippen LogP contribution in [0.25, 0.3) is 0 Å². The summed E-state index contributed by atoms with van der Waals surface area (Å²) in [7, 11) is -3.33. The number of primary sulfonamides is 1. The van der Waals surface area contributed by atoms with Crippen LogP contribution in [0.1, 0.15) is 111 Å². The molecule has 0 aliphatic rings. The predicted octanol–water partition coefficient (Wildman–Crippen LogP) is 5.50. The van der Waals surface area contributed by atoms with E-state index in [4.69, 9.17) is 15.0 Å². The second-order valence-electron chi connectivity index (χ2n) is 10.3. The van der Waals surface area contributed by atoms with Crippen LogP contribution in [0.2, 0.25) is 0 Å². The highest BCUT2D eigenvalue weighted by Gasteiger charge is 2.18. The Hall–Kier alpha value is -0.660. The van der Waals surface area contributed by atoms with Crippen molar-refractivity contribution in [2.75, 3.05) is 19.0 Å². The van der Waals surface area contributed by atoms with E-state index >= 15 is 0 Å². The van der Waals surface area contributed by atoms with E-state index in [-0.39, 0.29) is 23.0 Å². The van der Waals surface area contributed by atoms with Gasteiger partial charge in [0.05, 0.1) is 5.75 Å². The molecule has 0 aliphatic heterocycles. The zero-order chi connectivity index (χ0) is 23.1. The average Bonchev–Trinajstić information content (AvgIpc) is 2.60. The van der Waals surface area contributed by atoms with Crippen LogP contribution in [0.3, 0.4) is 0 Å². The van der Waals surface area contributed by atoms with Gasteiger partial charge in [-0.3, -0.25) is 4.79 Å². The van der Waals surface area contributed by atoms with Crippen LogP contribution < -0.4 is 5.14 Å². The van der Waals surface area contributed by atoms with Crippen LogP contribution in [0.15, 0.2) is 0 Å². The van der Waals surface area contributed by atoms with Crippen LogP contribution in [0.4, 0.5) is 0 Å². The molecule has 0 unspecified atom stereocenters. The van der Waals surface area contributed by atoms with Crippen LogP contribution in [0.5, 0.6) is 0 Å². The van der Waals surface area contributed by atoms with Gasteiger partial charge >= 0.3 is 5.97 Å². The molecule has 0 aromatic rings. The predicted molar refractivity (Wildman–Crippen MR) is 124 cm³/mol. The molecule has 0 heterocycles. The number of carboxylic acid groups (broad SMARTS) is 1. The van der Waals surface area contributed by atoms with Crippen molar-refractivity contribution in [2.45, 2.75) is 111 Å². The molecule has 0 saturated carbocycles. The van der Waals surface area contributed by atoms with Gasteiger partial charge in [-0.1, -0.05) is 53.4 Å². The van der Waals surface area contributed by atoms with E-state index in [9.17, 15) is 13.2 Å². The fraction of sp³-hybridized carbons (Fsp3) is 0.957. The standard InChI is InChI=1S/C23H47NO5S/c1-22(2,14-6-5-13-21(25)26)15-7-10-18-29-19-11-8-16-23(3,4)17-9-12-20-30(24,27)28/h5-20H2,1-4H3,(H,25,26)(H2,24,27,28). The minimum atomic E-state index is -3.33. The molecule has 0 spiro atoms. The molecule has 180 valence electrons. The maximum Gasteiger partial charge on any atom is 0.303 e. The number of rotatable bonds is 20. The summed E-state index contributed by atoms with van der Waals surface area (Å²) in [5, 5.41) is 13.7. The van der Waals surface area contributed by atoms with E-state index in [0.29, 0.717) is 6.42 Å². The summed E-state index contributed by atoms with van der Waals surface area (Å²) in [6, 6.07) is 0. The minimum absolute atomic E-state index is 0.0822. The third-order valence-electron chi connectivity index (χ3n) is 5.81. The van der Waals surface area contributed by atoms with Crippen molar-refractivity contribution in [1.82, 2.24) is 0 Å². The Morgan fingerprint density at radius 2 is 1.17 bits per heavy atom. The number of sulfonamides is 1. The number of nitrogens with two attached hydrogens (primary N) is 1. The summed E-state index contributed by atoms with van der Waals surface area (Å²) in [5.74, 6) is -0.618. The summed E-state index contributed by atoms with van der Waals surface area (Å²) in [6.45, 7) is 10.6. The molecule has 0 saturated heterocycles. The molecule has 0 atom stereocenters. The molecular formula is C23H47NO5S. The van der Waals surface area contributed by atoms with Crippen molar-refractivity contribution in [3.05, 3.63) is 0 Å². The average molecular weight is 450 g/mol. The number of carbonyl (C=O) groups is 1. The number of hydrogen-bond donors (Lipinski definition) is 2. The molecule has 7 heteroatoms. The summed E-state index contributed by atoms with van der Waals surface area (Å²) in [5.41, 5.74) is 0.507. The Morgan fingerprint density at radius 1 is 0.767 bits per heavy atom. The first kappa shape index (κ1) is 29.3. The fourth-order valence-corrected chi connectivity index (χ4v) is 4.36. The van der Waals surface area contributed by atoms with Gasteiger partial charge in [0.1, 0.15) is 0 Å². The highest BCUT2D eigenvalue weighted by Crippen LogP contribution is 2.30. The van der Waals surface area contributed by atoms with E-state index in [2.05, 4.69) is 27.7 Å². The molecule has 0 aromatic heterocycles. The normalized spacial score (nSPS) is 13.0. The summed E-state index contributed by atoms with van der Waals surface area (Å²) >= 11 is 0. The summed E-state index contributed by atoms with van der Waals surface area (Å²) in [6.07, 6.45) is 12.4. The zero-order valence-corrected chi connectivity index (χ0v) is 20.7. The van der Waals surface area contributed by atoms with Crippen LogP contribution in [0, 0.1) is 10.8 Å². The molecule has 6 nitrogen and oxygen atoms in total. The van der Waals surface area contributed by atoms with Crippen molar-refractivity contribution in [3.63, 3.8) is 0 Å². The van der Waals surface area contributed by atoms with Crippen molar-refractivity contribution < 1.29 is 23.1 Å². The Bertz CT molecular complexity index is 558. The lowest BCUT2D eigenvalue weighted by Gasteiger charge is -2.25. The molecule has 0 aliphatic carbocycles. The molecular weight excluding hydrogens is 402 g/mol. The molecule has 30 heavy (non-hydrogen) atoms. The molecule has 3 N–H and O–H groups in total. The number of carboxylic acids is 1. The number of ether oxygens (including phenoxy) is 1. The third kappa shape index (κ3) is 20.6. The maximum absolute atomic E-state index is 11.0. The number of aliphatic carboxylic acids is 1. The first-order valence-electron chi connectivity index (χ1n) is 11.6. The number of hydrogen-bond acceptors (Lipinski definition) is 4. The zero-order valence-electron chi connectivity index (χ0n) is 19.9. The van der Waals surface area contributed by atoms with Gasteiger partial charge in [0.2, 0.25) is 10.0 Å². The molecule has 0 fully saturated rings. The smallest absolute Gasteiger partial charge is 0.303 e. The van der Waals surface area contributed by atoms with Gasteiger partial charge in [0.15, 0.2) is 0 Å². The first-order valence-corrected chi connectivity index (χ1v) is 13.3. The largest absolute Gasteiger partial charge is 0.481 e. The molecule has 0 aromatic carbocycles. The van der Waals surface area contributed by atoms with E-state index in [1.807, 2.05) is 0 Å². The van der Waals surface area contributed by atoms with Crippen molar-refractivity contribution in [2.24, 2.45) is 16.0 Å². The monoisotopic (exact) mass is 449 g/mol. The lowest BCUT2D eigenvalue weighted by molar-refractivity contribution is -0.137. The van der Waals surface area contributed by atoms with Crippen molar-refractivity contribution >= 4 is 16.0 Å². The van der Waals surface area contributed by atoms with E-state index in [0.717, 1.165) is 83.8 Å². The van der Waals surface area contributed by atoms with Crippen molar-refractivity contribution in [3.8, 4) is 0 Å². The fourth-order valence-electron chi connectivity index (χ4n) is 3.75. The lowest BCUT2D eigenvalue weighted by atomic mass is 9.82. The Kier molecular flexibility index (Phi) is 14.9. The molecule has 0 amide bonds. The lowest BCUT2D eigenvalue weighted by Crippen LogP contribution is -2.17. The second-order valence-corrected chi connectivity index (χ2v) is 12.0. The molecule has 0 bridgehead atoms. The van der Waals surface area contributed by atoms with Crippen LogP contribution in [-0.4, -0.2) is 38.5 Å². The highest BCUT2D eigenvalue weighted by atomic mass is 32.2. The Balaban J connectivity index is 3.60. The van der Waals surface area contributed by atoms with E-state index in [1.54, 1.807) is 0 Å².